The van der Waals surface area contributed by atoms with E-state index in [1.165, 1.54) is 12.1 Å². The van der Waals surface area contributed by atoms with Crippen LogP contribution in [0, 0.1) is 0 Å². The van der Waals surface area contributed by atoms with Crippen molar-refractivity contribution in [3.63, 3.8) is 0 Å². The van der Waals surface area contributed by atoms with Gasteiger partial charge in [-0.05, 0) is 18.2 Å². The van der Waals surface area contributed by atoms with E-state index >= 15 is 0 Å². The Morgan fingerprint density at radius 2 is 1.54 bits per heavy atom. The first-order valence-electron chi connectivity index (χ1n) is 9.35. The van der Waals surface area contributed by atoms with Gasteiger partial charge < -0.3 is 26.5 Å². The number of azo groups is 1. The van der Waals surface area contributed by atoms with E-state index < -0.39 is 37.3 Å². The minimum Gasteiger partial charge on any atom is -0.573 e. The Bertz CT molecular complexity index is 1540. The van der Waals surface area contributed by atoms with Gasteiger partial charge in [0.2, 0.25) is 0 Å². The molecule has 0 amide bonds. The molecule has 14 nitrogen and oxygen atoms in total. The third kappa shape index (κ3) is 9.43. The van der Waals surface area contributed by atoms with E-state index in [4.69, 9.17) is 18.4 Å². The number of nitrogens with two attached hydrogens (primary N) is 1. The summed E-state index contributed by atoms with van der Waals surface area (Å²) >= 11 is 0. The smallest absolute Gasteiger partial charge is 0.573 e. The number of phenols is 1. The Morgan fingerprint density at radius 3 is 2.11 bits per heavy atom. The minimum absolute atomic E-state index is 0. The molecule has 5 N–H and O–H groups in total. The molecule has 0 heterocycles. The predicted molar refractivity (Wildman–Crippen MR) is 126 cm³/mol. The van der Waals surface area contributed by atoms with Crippen LogP contribution in [-0.2, 0) is 37.8 Å². The summed E-state index contributed by atoms with van der Waals surface area (Å²) in [4.78, 5) is 10.8. The molecule has 0 radical (unpaired) electrons. The standard InChI is InChI=1S/C20H17N5O6S.Cu.O3S/c21-15-10-13(32(29,30)31)11-17(18(15)26)23-25-19(12-6-2-1-3-7-12)24-22-16-9-5-4-8-14(16)20(27)28;;1-4(2)3/h1-11H,(H6,21,22,23,24,25,26,27,28,29,30,31);;/q;+1;/p-1. The Balaban J connectivity index is 0.00000127. The number of aromatic carboxylic acids is 1. The second-order valence-electron chi connectivity index (χ2n) is 6.47. The van der Waals surface area contributed by atoms with Crippen molar-refractivity contribution in [3.05, 3.63) is 83.3 Å². The average Bonchev–Trinajstić information content (AvgIpc) is 2.81. The number of carbonyl (C=O) groups is 1. The van der Waals surface area contributed by atoms with Crippen molar-refractivity contribution in [3.8, 4) is 5.75 Å². The van der Waals surface area contributed by atoms with Crippen molar-refractivity contribution in [1.82, 2.24) is 0 Å². The van der Waals surface area contributed by atoms with Crippen molar-refractivity contribution in [2.24, 2.45) is 15.3 Å². The maximum atomic E-state index is 11.4. The molecule has 0 aromatic heterocycles. The monoisotopic (exact) mass is 597 g/mol. The fourth-order valence-corrected chi connectivity index (χ4v) is 3.04. The van der Waals surface area contributed by atoms with Crippen LogP contribution in [0.15, 0.2) is 87.0 Å². The van der Waals surface area contributed by atoms with Crippen LogP contribution in [0.4, 0.5) is 17.1 Å². The molecule has 0 saturated heterocycles. The van der Waals surface area contributed by atoms with E-state index in [-0.39, 0.29) is 45.5 Å². The first-order chi connectivity index (χ1) is 16.9. The molecule has 0 aliphatic carbocycles. The zero-order valence-electron chi connectivity index (χ0n) is 18.1. The number of benzene rings is 3. The molecule has 0 aliphatic rings. The largest absolute Gasteiger partial charge is 1.00 e. The van der Waals surface area contributed by atoms with E-state index in [2.05, 4.69) is 20.8 Å². The number of amidine groups is 1. The molecule has 0 fully saturated rings. The van der Waals surface area contributed by atoms with Crippen LogP contribution in [-0.4, -0.2) is 47.6 Å². The summed E-state index contributed by atoms with van der Waals surface area (Å²) in [6.07, 6.45) is 0. The first-order valence-corrected chi connectivity index (χ1v) is 11.8. The van der Waals surface area contributed by atoms with Gasteiger partial charge in [-0.15, -0.1) is 28.5 Å². The van der Waals surface area contributed by atoms with Gasteiger partial charge in [0.05, 0.1) is 10.6 Å². The van der Waals surface area contributed by atoms with Crippen molar-refractivity contribution >= 4 is 49.6 Å². The van der Waals surface area contributed by atoms with E-state index in [1.807, 2.05) is 0 Å². The van der Waals surface area contributed by atoms with Gasteiger partial charge in [0.25, 0.3) is 10.1 Å². The summed E-state index contributed by atoms with van der Waals surface area (Å²) in [5.74, 6) is -1.81. The van der Waals surface area contributed by atoms with Gasteiger partial charge in [-0.3, -0.25) is 4.55 Å². The number of nitrogen functional groups attached to an aromatic ring is 1. The van der Waals surface area contributed by atoms with E-state index in [0.717, 1.165) is 12.1 Å². The van der Waals surface area contributed by atoms with Gasteiger partial charge >= 0.3 is 33.6 Å². The number of nitrogens with zero attached hydrogens (tertiary/aromatic N) is 4. The molecule has 3 rings (SSSR count). The zero-order chi connectivity index (χ0) is 26.9. The van der Waals surface area contributed by atoms with Crippen LogP contribution in [0.2, 0.25) is 0 Å². The number of anilines is 1. The SMILES string of the molecule is Nc1cc(S(=O)(=O)O)cc(N=NC(=N[N-]c2ccccc2C(=O)O)c2ccccc2)c1O.O=S(=O)=O.[Cu+]. The molecule has 0 spiro atoms. The van der Waals surface area contributed by atoms with Crippen LogP contribution >= 0.6 is 0 Å². The number of rotatable bonds is 6. The molecule has 37 heavy (non-hydrogen) atoms. The van der Waals surface area contributed by atoms with E-state index in [0.29, 0.717) is 5.56 Å². The summed E-state index contributed by atoms with van der Waals surface area (Å²) in [7, 11) is -7.72. The van der Waals surface area contributed by atoms with Crippen LogP contribution in [0.1, 0.15) is 15.9 Å². The zero-order valence-corrected chi connectivity index (χ0v) is 20.7. The van der Waals surface area contributed by atoms with Crippen molar-refractivity contribution in [2.45, 2.75) is 4.90 Å². The van der Waals surface area contributed by atoms with Crippen molar-refractivity contribution in [1.29, 1.82) is 0 Å². The Kier molecular flexibility index (Phi) is 11.5. The quantitative estimate of drug-likeness (QED) is 0.0472. The Labute approximate surface area is 221 Å². The predicted octanol–water partition coefficient (Wildman–Crippen LogP) is 3.06. The number of hydrogen-bond donors (Lipinski definition) is 4. The normalized spacial score (nSPS) is 11.1. The van der Waals surface area contributed by atoms with Gasteiger partial charge in [0, 0.05) is 11.1 Å². The van der Waals surface area contributed by atoms with Crippen LogP contribution in [0.25, 0.3) is 5.43 Å². The van der Waals surface area contributed by atoms with Crippen molar-refractivity contribution in [2.75, 3.05) is 5.73 Å². The minimum atomic E-state index is -4.61. The van der Waals surface area contributed by atoms with Crippen molar-refractivity contribution < 1.29 is 57.7 Å². The summed E-state index contributed by atoms with van der Waals surface area (Å²) in [5.41, 5.74) is 9.29. The van der Waals surface area contributed by atoms with Gasteiger partial charge in [0.15, 0.2) is 11.6 Å². The summed E-state index contributed by atoms with van der Waals surface area (Å²) < 4.78 is 57.4. The first kappa shape index (κ1) is 30.9. The fraction of sp³-hybridized carbons (Fsp3) is 0. The number of hydrogen-bond acceptors (Lipinski definition) is 10. The molecule has 0 aliphatic heterocycles. The average molecular weight is 598 g/mol. The van der Waals surface area contributed by atoms with E-state index in [9.17, 15) is 28.0 Å². The molecule has 198 valence electrons. The second kappa shape index (κ2) is 13.8. The summed E-state index contributed by atoms with van der Waals surface area (Å²) in [6.45, 7) is 0. The Hall–Kier alpha value is -4.15. The maximum Gasteiger partial charge on any atom is 1.00 e. The molecule has 3 aromatic rings. The van der Waals surface area contributed by atoms with Crippen LogP contribution in [0.3, 0.4) is 0 Å². The second-order valence-corrected chi connectivity index (χ2v) is 8.30. The molecule has 3 aromatic carbocycles. The van der Waals surface area contributed by atoms with Crippen LogP contribution < -0.4 is 5.73 Å². The van der Waals surface area contributed by atoms with Gasteiger partial charge in [-0.25, -0.2) is 4.79 Å². The van der Waals surface area contributed by atoms with Gasteiger partial charge in [-0.1, -0.05) is 48.5 Å². The summed E-state index contributed by atoms with van der Waals surface area (Å²) in [6, 6.07) is 16.1. The molecule has 0 atom stereocenters. The number of phenolic OH excluding ortho intramolecular Hbond substituents is 1. The van der Waals surface area contributed by atoms with E-state index in [1.54, 1.807) is 42.5 Å². The molecule has 17 heteroatoms. The fourth-order valence-electron chi connectivity index (χ4n) is 2.51. The number of carboxylic acids is 1. The molecule has 0 unspecified atom stereocenters. The Morgan fingerprint density at radius 1 is 0.973 bits per heavy atom. The summed E-state index contributed by atoms with van der Waals surface area (Å²) in [5, 5.41) is 31.1. The van der Waals surface area contributed by atoms with Gasteiger partial charge in [0.1, 0.15) is 5.69 Å². The third-order valence-corrected chi connectivity index (χ3v) is 4.89. The third-order valence-electron chi connectivity index (χ3n) is 4.06. The maximum absolute atomic E-state index is 11.4. The molecular weight excluding hydrogens is 582 g/mol. The molecular formula is C20H16CuN5O9S2. The number of carboxylic acid groups (broad SMARTS) is 1. The molecule has 0 bridgehead atoms. The van der Waals surface area contributed by atoms with Crippen LogP contribution in [0.5, 0.6) is 5.75 Å². The van der Waals surface area contributed by atoms with Gasteiger partial charge in [-0.2, -0.15) is 8.42 Å². The number of aromatic hydroxyl groups is 1. The molecule has 0 saturated carbocycles. The topological polar surface area (TPSA) is 240 Å².